The summed E-state index contributed by atoms with van der Waals surface area (Å²) in [6.07, 6.45) is 8.49. The largest absolute Gasteiger partial charge is 0.335 e. The number of aryl methyl sites for hydroxylation is 1. The Morgan fingerprint density at radius 3 is 2.90 bits per heavy atom. The highest BCUT2D eigenvalue weighted by atomic mass is 16.2. The number of rotatable bonds is 5. The van der Waals surface area contributed by atoms with Crippen LogP contribution in [-0.2, 0) is 18.4 Å². The second-order valence-corrected chi connectivity index (χ2v) is 8.83. The lowest BCUT2D eigenvalue weighted by atomic mass is 9.80. The summed E-state index contributed by atoms with van der Waals surface area (Å²) >= 11 is 0. The van der Waals surface area contributed by atoms with Crippen LogP contribution in [0.3, 0.4) is 0 Å². The van der Waals surface area contributed by atoms with E-state index in [4.69, 9.17) is 0 Å². The van der Waals surface area contributed by atoms with E-state index >= 15 is 0 Å². The highest BCUT2D eigenvalue weighted by molar-refractivity contribution is 5.86. The van der Waals surface area contributed by atoms with Crippen molar-refractivity contribution in [1.82, 2.24) is 19.8 Å². The zero-order valence-corrected chi connectivity index (χ0v) is 17.8. The third-order valence-electron chi connectivity index (χ3n) is 6.74. The second kappa shape index (κ2) is 8.27. The first kappa shape index (κ1) is 19.9. The smallest absolute Gasteiger partial charge is 0.250 e. The van der Waals surface area contributed by atoms with Crippen molar-refractivity contribution >= 4 is 16.7 Å². The Bertz CT molecular complexity index is 1160. The van der Waals surface area contributed by atoms with Crippen LogP contribution < -0.4 is 10.9 Å². The highest BCUT2D eigenvalue weighted by Gasteiger charge is 2.40. The van der Waals surface area contributed by atoms with Gasteiger partial charge in [-0.3, -0.25) is 14.6 Å². The SMILES string of the molecule is Cn1ccc([C@H]2CCNC[C@@H]2C(=O)N(Cc2cccc3ccncc23)C2CC2)cc1=O. The van der Waals surface area contributed by atoms with E-state index in [0.717, 1.165) is 47.7 Å². The second-order valence-electron chi connectivity index (χ2n) is 8.83. The van der Waals surface area contributed by atoms with Crippen LogP contribution in [-0.4, -0.2) is 39.5 Å². The molecule has 5 rings (SSSR count). The predicted molar refractivity (Wildman–Crippen MR) is 121 cm³/mol. The molecular formula is C25H28N4O2. The molecule has 160 valence electrons. The molecule has 2 aromatic heterocycles. The number of benzene rings is 1. The molecule has 3 heterocycles. The molecule has 0 unspecified atom stereocenters. The maximum atomic E-state index is 13.8. The van der Waals surface area contributed by atoms with Gasteiger partial charge in [0.05, 0.1) is 5.92 Å². The molecule has 1 aliphatic carbocycles. The van der Waals surface area contributed by atoms with Gasteiger partial charge in [-0.25, -0.2) is 0 Å². The summed E-state index contributed by atoms with van der Waals surface area (Å²) in [7, 11) is 1.76. The van der Waals surface area contributed by atoms with E-state index in [9.17, 15) is 9.59 Å². The fraction of sp³-hybridized carbons (Fsp3) is 0.400. The Hall–Kier alpha value is -2.99. The zero-order valence-electron chi connectivity index (χ0n) is 17.8. The van der Waals surface area contributed by atoms with Crippen LogP contribution in [0, 0.1) is 5.92 Å². The first-order chi connectivity index (χ1) is 15.1. The predicted octanol–water partition coefficient (Wildman–Crippen LogP) is 2.82. The minimum atomic E-state index is -0.158. The number of piperidine rings is 1. The molecule has 2 fully saturated rings. The fourth-order valence-electron chi connectivity index (χ4n) is 4.80. The molecule has 0 spiro atoms. The van der Waals surface area contributed by atoms with Gasteiger partial charge in [0.2, 0.25) is 5.91 Å². The van der Waals surface area contributed by atoms with E-state index in [1.807, 2.05) is 24.5 Å². The summed E-state index contributed by atoms with van der Waals surface area (Å²) in [5.74, 6) is 0.105. The lowest BCUT2D eigenvalue weighted by Crippen LogP contribution is -2.47. The van der Waals surface area contributed by atoms with Crippen molar-refractivity contribution in [2.45, 2.75) is 37.8 Å². The molecule has 2 aliphatic rings. The molecule has 31 heavy (non-hydrogen) atoms. The molecule has 1 saturated carbocycles. The Morgan fingerprint density at radius 1 is 1.23 bits per heavy atom. The summed E-state index contributed by atoms with van der Waals surface area (Å²) < 4.78 is 1.58. The number of nitrogens with one attached hydrogen (secondary N) is 1. The molecule has 3 aromatic rings. The minimum Gasteiger partial charge on any atom is -0.335 e. The Labute approximate surface area is 181 Å². The molecule has 1 N–H and O–H groups in total. The third-order valence-corrected chi connectivity index (χ3v) is 6.74. The molecule has 1 saturated heterocycles. The van der Waals surface area contributed by atoms with Crippen molar-refractivity contribution in [3.63, 3.8) is 0 Å². The van der Waals surface area contributed by atoms with Crippen LogP contribution >= 0.6 is 0 Å². The fourth-order valence-corrected chi connectivity index (χ4v) is 4.80. The zero-order chi connectivity index (χ0) is 21.4. The quantitative estimate of drug-likeness (QED) is 0.695. The van der Waals surface area contributed by atoms with E-state index in [2.05, 4.69) is 33.4 Å². The molecule has 6 heteroatoms. The van der Waals surface area contributed by atoms with Crippen LogP contribution in [0.15, 0.2) is 59.8 Å². The number of carbonyl (C=O) groups excluding carboxylic acids is 1. The van der Waals surface area contributed by atoms with Gasteiger partial charge in [-0.1, -0.05) is 18.2 Å². The van der Waals surface area contributed by atoms with Crippen molar-refractivity contribution in [3.05, 3.63) is 76.5 Å². The molecule has 6 nitrogen and oxygen atoms in total. The Kier molecular flexibility index (Phi) is 5.32. The molecule has 0 radical (unpaired) electrons. The first-order valence-corrected chi connectivity index (χ1v) is 11.1. The van der Waals surface area contributed by atoms with Crippen LogP contribution in [0.4, 0.5) is 0 Å². The number of hydrogen-bond acceptors (Lipinski definition) is 4. The van der Waals surface area contributed by atoms with Gasteiger partial charge in [-0.2, -0.15) is 0 Å². The number of carbonyl (C=O) groups is 1. The number of pyridine rings is 2. The Morgan fingerprint density at radius 2 is 2.10 bits per heavy atom. The summed E-state index contributed by atoms with van der Waals surface area (Å²) in [5.41, 5.74) is 2.09. The van der Waals surface area contributed by atoms with E-state index in [-0.39, 0.29) is 23.3 Å². The molecule has 2 atom stereocenters. The monoisotopic (exact) mass is 416 g/mol. The maximum absolute atomic E-state index is 13.8. The van der Waals surface area contributed by atoms with E-state index in [1.54, 1.807) is 23.9 Å². The summed E-state index contributed by atoms with van der Waals surface area (Å²) in [6, 6.07) is 12.3. The van der Waals surface area contributed by atoms with Crippen molar-refractivity contribution < 1.29 is 4.79 Å². The average Bonchev–Trinajstić information content (AvgIpc) is 3.64. The van der Waals surface area contributed by atoms with Gasteiger partial charge in [0.1, 0.15) is 0 Å². The summed E-state index contributed by atoms with van der Waals surface area (Å²) in [6.45, 7) is 2.12. The highest BCUT2D eigenvalue weighted by Crippen LogP contribution is 2.36. The van der Waals surface area contributed by atoms with Gasteiger partial charge >= 0.3 is 0 Å². The van der Waals surface area contributed by atoms with Crippen molar-refractivity contribution in [3.8, 4) is 0 Å². The van der Waals surface area contributed by atoms with Crippen molar-refractivity contribution in [2.75, 3.05) is 13.1 Å². The van der Waals surface area contributed by atoms with Crippen LogP contribution in [0.1, 0.15) is 36.3 Å². The number of amides is 1. The van der Waals surface area contributed by atoms with Gasteiger partial charge in [0.15, 0.2) is 0 Å². The Balaban J connectivity index is 1.45. The van der Waals surface area contributed by atoms with Crippen LogP contribution in [0.5, 0.6) is 0 Å². The van der Waals surface area contributed by atoms with Crippen LogP contribution in [0.2, 0.25) is 0 Å². The third kappa shape index (κ3) is 4.00. The standard InChI is InChI=1S/C25H28N4O2/c1-28-12-9-18(13-24(28)30)21-8-11-27-15-23(21)25(31)29(20-5-6-20)16-19-4-2-3-17-7-10-26-14-22(17)19/h2-4,7,9-10,12-14,20-21,23,27H,5-6,8,11,15-16H2,1H3/t21-,23+/m1/s1. The molecular weight excluding hydrogens is 388 g/mol. The first-order valence-electron chi connectivity index (χ1n) is 11.1. The van der Waals surface area contributed by atoms with E-state index < -0.39 is 0 Å². The molecule has 1 amide bonds. The number of hydrogen-bond donors (Lipinski definition) is 1. The van der Waals surface area contributed by atoms with Gasteiger partial charge < -0.3 is 14.8 Å². The summed E-state index contributed by atoms with van der Waals surface area (Å²) in [5, 5.41) is 5.66. The summed E-state index contributed by atoms with van der Waals surface area (Å²) in [4.78, 5) is 32.4. The normalized spacial score (nSPS) is 21.2. The minimum absolute atomic E-state index is 0.0236. The van der Waals surface area contributed by atoms with Crippen molar-refractivity contribution in [2.24, 2.45) is 13.0 Å². The van der Waals surface area contributed by atoms with Crippen molar-refractivity contribution in [1.29, 1.82) is 0 Å². The number of nitrogens with zero attached hydrogens (tertiary/aromatic N) is 3. The van der Waals surface area contributed by atoms with E-state index in [0.29, 0.717) is 19.1 Å². The lowest BCUT2D eigenvalue weighted by molar-refractivity contribution is -0.138. The van der Waals surface area contributed by atoms with Crippen LogP contribution in [0.25, 0.3) is 10.8 Å². The number of fused-ring (bicyclic) bond motifs is 1. The van der Waals surface area contributed by atoms with Gasteiger partial charge in [0, 0.05) is 56.2 Å². The molecule has 0 bridgehead atoms. The van der Waals surface area contributed by atoms with Gasteiger partial charge in [0.25, 0.3) is 5.56 Å². The topological polar surface area (TPSA) is 67.2 Å². The van der Waals surface area contributed by atoms with Gasteiger partial charge in [-0.15, -0.1) is 0 Å². The van der Waals surface area contributed by atoms with Gasteiger partial charge in [-0.05, 0) is 60.4 Å². The number of aromatic nitrogens is 2. The maximum Gasteiger partial charge on any atom is 0.250 e. The van der Waals surface area contributed by atoms with E-state index in [1.165, 1.54) is 0 Å². The molecule has 1 aliphatic heterocycles. The average molecular weight is 417 g/mol. The lowest BCUT2D eigenvalue weighted by Gasteiger charge is -2.36. The molecule has 1 aromatic carbocycles.